The minimum absolute atomic E-state index is 0.0284. The number of nitrogens with zero attached hydrogens (tertiary/aromatic N) is 3. The van der Waals surface area contributed by atoms with Crippen LogP contribution in [-0.2, 0) is 0 Å². The number of rotatable bonds is 4. The molecule has 1 aliphatic heterocycles. The minimum atomic E-state index is -0.134. The fourth-order valence-electron chi connectivity index (χ4n) is 4.11. The second kappa shape index (κ2) is 7.90. The molecule has 0 unspecified atom stereocenters. The van der Waals surface area contributed by atoms with Crippen LogP contribution in [0.1, 0.15) is 77.5 Å². The molecule has 0 bridgehead atoms. The van der Waals surface area contributed by atoms with Gasteiger partial charge in [-0.25, -0.2) is 0 Å². The van der Waals surface area contributed by atoms with Gasteiger partial charge in [0, 0.05) is 25.0 Å². The summed E-state index contributed by atoms with van der Waals surface area (Å²) < 4.78 is 0. The van der Waals surface area contributed by atoms with Crippen LogP contribution in [0.15, 0.2) is 30.6 Å². The largest absolute Gasteiger partial charge is 0.348 e. The van der Waals surface area contributed by atoms with Crippen molar-refractivity contribution < 1.29 is 9.59 Å². The van der Waals surface area contributed by atoms with Gasteiger partial charge < -0.3 is 10.2 Å². The van der Waals surface area contributed by atoms with Gasteiger partial charge in [-0.3, -0.25) is 19.7 Å². The zero-order valence-electron chi connectivity index (χ0n) is 15.4. The lowest BCUT2D eigenvalue weighted by Crippen LogP contribution is -2.38. The molecule has 1 atom stereocenters. The van der Waals surface area contributed by atoms with Crippen molar-refractivity contribution in [1.29, 1.82) is 0 Å². The number of carbonyl (C=O) groups is 2. The summed E-state index contributed by atoms with van der Waals surface area (Å²) in [5, 5.41) is 10.3. The molecule has 2 aromatic rings. The molecule has 3 heterocycles. The highest BCUT2D eigenvalue weighted by molar-refractivity contribution is 5.94. The first-order valence-corrected chi connectivity index (χ1v) is 9.79. The van der Waals surface area contributed by atoms with E-state index in [1.807, 2.05) is 4.90 Å². The van der Waals surface area contributed by atoms with E-state index in [4.69, 9.17) is 0 Å². The number of aromatic amines is 1. The number of amides is 2. The van der Waals surface area contributed by atoms with E-state index >= 15 is 0 Å². The van der Waals surface area contributed by atoms with Crippen LogP contribution in [-0.4, -0.2) is 44.5 Å². The van der Waals surface area contributed by atoms with Crippen LogP contribution in [0.25, 0.3) is 0 Å². The Hall–Kier alpha value is -2.70. The fourth-order valence-corrected chi connectivity index (χ4v) is 4.11. The van der Waals surface area contributed by atoms with Gasteiger partial charge in [0.2, 0.25) is 0 Å². The first kappa shape index (κ1) is 17.7. The van der Waals surface area contributed by atoms with Gasteiger partial charge in [0.25, 0.3) is 11.8 Å². The molecule has 142 valence electrons. The van der Waals surface area contributed by atoms with Crippen LogP contribution < -0.4 is 5.32 Å². The van der Waals surface area contributed by atoms with Gasteiger partial charge >= 0.3 is 0 Å². The molecule has 2 aromatic heterocycles. The van der Waals surface area contributed by atoms with Crippen molar-refractivity contribution in [3.63, 3.8) is 0 Å². The monoisotopic (exact) mass is 367 g/mol. The molecule has 0 aromatic carbocycles. The molecule has 2 aliphatic rings. The minimum Gasteiger partial charge on any atom is -0.348 e. The molecule has 0 radical (unpaired) electrons. The molecule has 1 aliphatic carbocycles. The van der Waals surface area contributed by atoms with Crippen LogP contribution in [0, 0.1) is 0 Å². The zero-order valence-corrected chi connectivity index (χ0v) is 15.4. The number of hydrogen-bond acceptors (Lipinski definition) is 4. The molecule has 27 heavy (non-hydrogen) atoms. The summed E-state index contributed by atoms with van der Waals surface area (Å²) in [6.45, 7) is 0.695. The molecular formula is C20H25N5O2. The van der Waals surface area contributed by atoms with Crippen molar-refractivity contribution in [3.8, 4) is 0 Å². The molecule has 4 rings (SSSR count). The number of pyridine rings is 1. The lowest BCUT2D eigenvalue weighted by atomic mass is 9.98. The predicted octanol–water partition coefficient (Wildman–Crippen LogP) is 2.84. The highest BCUT2D eigenvalue weighted by atomic mass is 16.2. The van der Waals surface area contributed by atoms with E-state index in [1.54, 1.807) is 30.6 Å². The Morgan fingerprint density at radius 1 is 1.15 bits per heavy atom. The summed E-state index contributed by atoms with van der Waals surface area (Å²) in [5.41, 5.74) is 1.81. The van der Waals surface area contributed by atoms with Crippen LogP contribution in [0.3, 0.4) is 0 Å². The Labute approximate surface area is 158 Å². The van der Waals surface area contributed by atoms with Gasteiger partial charge in [0.05, 0.1) is 17.3 Å². The smallest absolute Gasteiger partial charge is 0.271 e. The van der Waals surface area contributed by atoms with Crippen LogP contribution in [0.2, 0.25) is 0 Å². The first-order chi connectivity index (χ1) is 13.2. The molecule has 2 fully saturated rings. The topological polar surface area (TPSA) is 91.0 Å². The van der Waals surface area contributed by atoms with Gasteiger partial charge in [0.1, 0.15) is 5.69 Å². The second-order valence-corrected chi connectivity index (χ2v) is 7.42. The lowest BCUT2D eigenvalue weighted by Gasteiger charge is -2.35. The highest BCUT2D eigenvalue weighted by Crippen LogP contribution is 2.31. The lowest BCUT2D eigenvalue weighted by molar-refractivity contribution is 0.0605. The maximum atomic E-state index is 12.9. The third-order valence-electron chi connectivity index (χ3n) is 5.55. The molecule has 2 N–H and O–H groups in total. The van der Waals surface area contributed by atoms with Crippen molar-refractivity contribution in [2.75, 3.05) is 6.54 Å². The summed E-state index contributed by atoms with van der Waals surface area (Å²) in [4.78, 5) is 31.3. The molecule has 0 spiro atoms. The third kappa shape index (κ3) is 3.86. The number of piperidine rings is 1. The predicted molar refractivity (Wildman–Crippen MR) is 100 cm³/mol. The molecule has 2 amide bonds. The Morgan fingerprint density at radius 3 is 2.74 bits per heavy atom. The van der Waals surface area contributed by atoms with E-state index in [0.717, 1.165) is 37.8 Å². The first-order valence-electron chi connectivity index (χ1n) is 9.79. The summed E-state index contributed by atoms with van der Waals surface area (Å²) in [6, 6.07) is 5.52. The number of likely N-dealkylation sites (tertiary alicyclic amines) is 1. The van der Waals surface area contributed by atoms with Crippen molar-refractivity contribution in [2.24, 2.45) is 0 Å². The van der Waals surface area contributed by atoms with Gasteiger partial charge in [-0.15, -0.1) is 0 Å². The number of carbonyl (C=O) groups excluding carboxylic acids is 2. The average molecular weight is 367 g/mol. The Bertz CT molecular complexity index is 798. The molecule has 7 nitrogen and oxygen atoms in total. The molecule has 1 saturated heterocycles. The average Bonchev–Trinajstić information content (AvgIpc) is 3.40. The molecule has 1 saturated carbocycles. The number of aromatic nitrogens is 3. The molecular weight excluding hydrogens is 342 g/mol. The summed E-state index contributed by atoms with van der Waals surface area (Å²) >= 11 is 0. The zero-order chi connectivity index (χ0) is 18.6. The van der Waals surface area contributed by atoms with Gasteiger partial charge in [-0.05, 0) is 50.3 Å². The van der Waals surface area contributed by atoms with Crippen molar-refractivity contribution in [1.82, 2.24) is 25.4 Å². The maximum absolute atomic E-state index is 12.9. The Balaban J connectivity index is 1.50. The third-order valence-corrected chi connectivity index (χ3v) is 5.55. The van der Waals surface area contributed by atoms with E-state index in [1.165, 1.54) is 12.8 Å². The van der Waals surface area contributed by atoms with Gasteiger partial charge in [0.15, 0.2) is 0 Å². The van der Waals surface area contributed by atoms with Crippen LogP contribution in [0.5, 0.6) is 0 Å². The SMILES string of the molecule is O=C(NC1CCCC1)c1cc([C@@H]2CCCCN2C(=O)c2cccnc2)[nH]n1. The van der Waals surface area contributed by atoms with E-state index < -0.39 is 0 Å². The highest BCUT2D eigenvalue weighted by Gasteiger charge is 2.31. The van der Waals surface area contributed by atoms with Crippen molar-refractivity contribution in [3.05, 3.63) is 47.5 Å². The maximum Gasteiger partial charge on any atom is 0.271 e. The van der Waals surface area contributed by atoms with Crippen molar-refractivity contribution >= 4 is 11.8 Å². The summed E-state index contributed by atoms with van der Waals surface area (Å²) in [7, 11) is 0. The van der Waals surface area contributed by atoms with Crippen LogP contribution in [0.4, 0.5) is 0 Å². The van der Waals surface area contributed by atoms with E-state index in [-0.39, 0.29) is 23.9 Å². The number of nitrogens with one attached hydrogen (secondary N) is 2. The van der Waals surface area contributed by atoms with Gasteiger partial charge in [-0.2, -0.15) is 5.10 Å². The van der Waals surface area contributed by atoms with E-state index in [2.05, 4.69) is 20.5 Å². The van der Waals surface area contributed by atoms with Gasteiger partial charge in [-0.1, -0.05) is 12.8 Å². The second-order valence-electron chi connectivity index (χ2n) is 7.42. The Kier molecular flexibility index (Phi) is 5.18. The summed E-state index contributed by atoms with van der Waals surface area (Å²) in [6.07, 6.45) is 10.6. The molecule has 7 heteroatoms. The number of hydrogen-bond donors (Lipinski definition) is 2. The van der Waals surface area contributed by atoms with Crippen molar-refractivity contribution in [2.45, 2.75) is 57.0 Å². The Morgan fingerprint density at radius 2 is 1.96 bits per heavy atom. The normalized spacial score (nSPS) is 20.6. The quantitative estimate of drug-likeness (QED) is 0.869. The fraction of sp³-hybridized carbons (Fsp3) is 0.500. The summed E-state index contributed by atoms with van der Waals surface area (Å²) in [5.74, 6) is -0.162. The van der Waals surface area contributed by atoms with Crippen LogP contribution >= 0.6 is 0 Å². The number of H-pyrrole nitrogens is 1. The standard InChI is InChI=1S/C20H25N5O2/c26-19(22-15-7-1-2-8-15)17-12-16(23-24-17)18-9-3-4-11-25(18)20(27)14-6-5-10-21-13-14/h5-6,10,12-13,15,18H,1-4,7-9,11H2,(H,22,26)(H,23,24)/t18-/m0/s1. The van der Waals surface area contributed by atoms with E-state index in [0.29, 0.717) is 17.8 Å². The van der Waals surface area contributed by atoms with E-state index in [9.17, 15) is 9.59 Å².